The first kappa shape index (κ1) is 24.2. The summed E-state index contributed by atoms with van der Waals surface area (Å²) in [5, 5.41) is 9.69. The van der Waals surface area contributed by atoms with Crippen LogP contribution in [0.5, 0.6) is 0 Å². The summed E-state index contributed by atoms with van der Waals surface area (Å²) in [4.78, 5) is 10.7. The van der Waals surface area contributed by atoms with Gasteiger partial charge in [0, 0.05) is 36.9 Å². The first-order valence-corrected chi connectivity index (χ1v) is 15.3. The molecule has 2 aromatic heterocycles. The minimum Gasteiger partial charge on any atom is -0.228 e. The number of hydrogen-bond acceptors (Lipinski definition) is 3. The first-order valence-electron chi connectivity index (χ1n) is 14.5. The van der Waals surface area contributed by atoms with Gasteiger partial charge in [0.15, 0.2) is 5.82 Å². The van der Waals surface area contributed by atoms with Crippen molar-refractivity contribution in [2.75, 3.05) is 0 Å². The molecule has 0 aliphatic rings. The van der Waals surface area contributed by atoms with Crippen LogP contribution in [-0.2, 0) is 0 Å². The third-order valence-corrected chi connectivity index (χ3v) is 9.60. The number of hydrogen-bond donors (Lipinski definition) is 0. The normalized spacial score (nSPS) is 11.7. The Morgan fingerprint density at radius 1 is 0.419 bits per heavy atom. The largest absolute Gasteiger partial charge is 0.228 e. The van der Waals surface area contributed by atoms with Gasteiger partial charge in [-0.05, 0) is 56.6 Å². The van der Waals surface area contributed by atoms with Gasteiger partial charge in [0.25, 0.3) is 0 Å². The molecule has 0 N–H and O–H groups in total. The molecule has 0 saturated carbocycles. The second kappa shape index (κ2) is 9.59. The molecule has 0 aliphatic carbocycles. The lowest BCUT2D eigenvalue weighted by atomic mass is 9.92. The van der Waals surface area contributed by atoms with Gasteiger partial charge in [0.1, 0.15) is 0 Å². The lowest BCUT2D eigenvalue weighted by Gasteiger charge is -2.15. The summed E-state index contributed by atoms with van der Waals surface area (Å²) in [6.07, 6.45) is 0. The van der Waals surface area contributed by atoms with Crippen LogP contribution in [0.25, 0.3) is 86.4 Å². The highest BCUT2D eigenvalue weighted by Crippen LogP contribution is 2.42. The number of nitrogens with zero attached hydrogens (tertiary/aromatic N) is 2. The third-order valence-electron chi connectivity index (χ3n) is 8.47. The van der Waals surface area contributed by atoms with Crippen LogP contribution in [0.15, 0.2) is 146 Å². The van der Waals surface area contributed by atoms with E-state index >= 15 is 0 Å². The van der Waals surface area contributed by atoms with Crippen LogP contribution >= 0.6 is 11.3 Å². The molecule has 0 amide bonds. The van der Waals surface area contributed by atoms with Gasteiger partial charge < -0.3 is 0 Å². The van der Waals surface area contributed by atoms with Crippen molar-refractivity contribution in [1.82, 2.24) is 9.97 Å². The maximum absolute atomic E-state index is 5.41. The van der Waals surface area contributed by atoms with Crippen molar-refractivity contribution in [1.29, 1.82) is 0 Å². The van der Waals surface area contributed by atoms with E-state index in [0.29, 0.717) is 0 Å². The maximum Gasteiger partial charge on any atom is 0.161 e. The van der Waals surface area contributed by atoms with E-state index in [-0.39, 0.29) is 0 Å². The predicted molar refractivity (Wildman–Crippen MR) is 184 cm³/mol. The van der Waals surface area contributed by atoms with Gasteiger partial charge in [-0.15, -0.1) is 11.3 Å². The molecule has 9 rings (SSSR count). The van der Waals surface area contributed by atoms with Gasteiger partial charge in [-0.3, -0.25) is 0 Å². The first-order chi connectivity index (χ1) is 21.3. The van der Waals surface area contributed by atoms with Gasteiger partial charge in [0.2, 0.25) is 0 Å². The Hall–Kier alpha value is -5.38. The molecular weight excluding hydrogens is 541 g/mol. The standard InChI is InChI=1S/C40H24N2S/c1-2-12-26(13-3-1)34-24-35(31-18-10-20-37-38(31)32-17-8-9-19-36(32)43-37)42-40(41-34)39-29-16-7-5-14-27(29)23-33-28-15-6-4-11-25(28)21-22-30(33)39/h1-24H. The molecule has 0 atom stereocenters. The van der Waals surface area contributed by atoms with E-state index in [1.54, 1.807) is 0 Å². The zero-order chi connectivity index (χ0) is 28.3. The molecule has 0 saturated heterocycles. The van der Waals surface area contributed by atoms with Crippen LogP contribution in [0, 0.1) is 0 Å². The lowest BCUT2D eigenvalue weighted by Crippen LogP contribution is -1.98. The number of aromatic nitrogens is 2. The van der Waals surface area contributed by atoms with Crippen LogP contribution in [0.1, 0.15) is 0 Å². The molecule has 3 heteroatoms. The Balaban J connectivity index is 1.42. The van der Waals surface area contributed by atoms with E-state index in [2.05, 4.69) is 140 Å². The summed E-state index contributed by atoms with van der Waals surface area (Å²) in [6, 6.07) is 51.8. The quantitative estimate of drug-likeness (QED) is 0.158. The fourth-order valence-electron chi connectivity index (χ4n) is 6.50. The van der Waals surface area contributed by atoms with Gasteiger partial charge >= 0.3 is 0 Å². The van der Waals surface area contributed by atoms with Crippen molar-refractivity contribution < 1.29 is 0 Å². The van der Waals surface area contributed by atoms with E-state index in [9.17, 15) is 0 Å². The van der Waals surface area contributed by atoms with E-state index in [1.807, 2.05) is 17.4 Å². The van der Waals surface area contributed by atoms with Crippen molar-refractivity contribution >= 4 is 63.8 Å². The van der Waals surface area contributed by atoms with E-state index in [0.717, 1.165) is 44.7 Å². The van der Waals surface area contributed by atoms with Crippen LogP contribution in [0.4, 0.5) is 0 Å². The van der Waals surface area contributed by atoms with Crippen molar-refractivity contribution in [2.45, 2.75) is 0 Å². The Morgan fingerprint density at radius 3 is 2.00 bits per heavy atom. The van der Waals surface area contributed by atoms with Crippen LogP contribution in [0.2, 0.25) is 0 Å². The predicted octanol–water partition coefficient (Wildman–Crippen LogP) is 11.3. The highest BCUT2D eigenvalue weighted by molar-refractivity contribution is 7.25. The highest BCUT2D eigenvalue weighted by Gasteiger charge is 2.19. The molecule has 0 radical (unpaired) electrons. The summed E-state index contributed by atoms with van der Waals surface area (Å²) in [5.41, 5.74) is 5.12. The topological polar surface area (TPSA) is 25.8 Å². The van der Waals surface area contributed by atoms with E-state index < -0.39 is 0 Å². The fraction of sp³-hybridized carbons (Fsp3) is 0. The second-order valence-electron chi connectivity index (χ2n) is 11.0. The second-order valence-corrected chi connectivity index (χ2v) is 12.0. The molecule has 0 aliphatic heterocycles. The molecule has 2 nitrogen and oxygen atoms in total. The van der Waals surface area contributed by atoms with Crippen molar-refractivity contribution in [3.8, 4) is 33.9 Å². The average Bonchev–Trinajstić information content (AvgIpc) is 3.46. The Labute approximate surface area is 252 Å². The molecule has 7 aromatic carbocycles. The summed E-state index contributed by atoms with van der Waals surface area (Å²) in [5.74, 6) is 0.741. The molecule has 0 unspecified atom stereocenters. The van der Waals surface area contributed by atoms with Crippen LogP contribution in [0.3, 0.4) is 0 Å². The maximum atomic E-state index is 5.41. The van der Waals surface area contributed by atoms with E-state index in [1.165, 1.54) is 41.7 Å². The van der Waals surface area contributed by atoms with Gasteiger partial charge in [0.05, 0.1) is 11.4 Å². The number of rotatable bonds is 3. The number of thiophene rings is 1. The molecule has 0 bridgehead atoms. The summed E-state index contributed by atoms with van der Waals surface area (Å²) in [7, 11) is 0. The van der Waals surface area contributed by atoms with Crippen LogP contribution in [-0.4, -0.2) is 9.97 Å². The van der Waals surface area contributed by atoms with Gasteiger partial charge in [-0.25, -0.2) is 9.97 Å². The summed E-state index contributed by atoms with van der Waals surface area (Å²) >= 11 is 1.83. The SMILES string of the molecule is c1ccc(-c2cc(-c3cccc4sc5ccccc5c34)nc(-c3c4ccccc4cc4c3ccc3ccccc34)n2)cc1. The zero-order valence-corrected chi connectivity index (χ0v) is 24.0. The minimum absolute atomic E-state index is 0.741. The van der Waals surface area contributed by atoms with E-state index in [4.69, 9.17) is 9.97 Å². The zero-order valence-electron chi connectivity index (χ0n) is 23.2. The Morgan fingerprint density at radius 2 is 1.12 bits per heavy atom. The lowest BCUT2D eigenvalue weighted by molar-refractivity contribution is 1.19. The third kappa shape index (κ3) is 3.86. The molecule has 200 valence electrons. The monoisotopic (exact) mass is 564 g/mol. The van der Waals surface area contributed by atoms with Crippen LogP contribution < -0.4 is 0 Å². The van der Waals surface area contributed by atoms with Gasteiger partial charge in [-0.2, -0.15) is 0 Å². The Kier molecular flexibility index (Phi) is 5.40. The molecule has 0 spiro atoms. The molecule has 0 fully saturated rings. The molecule has 9 aromatic rings. The minimum atomic E-state index is 0.741. The summed E-state index contributed by atoms with van der Waals surface area (Å²) < 4.78 is 2.55. The van der Waals surface area contributed by atoms with Crippen molar-refractivity contribution in [3.63, 3.8) is 0 Å². The average molecular weight is 565 g/mol. The molecule has 2 heterocycles. The number of benzene rings is 7. The Bertz CT molecular complexity index is 2510. The fourth-order valence-corrected chi connectivity index (χ4v) is 7.64. The van der Waals surface area contributed by atoms with Crippen molar-refractivity contribution in [3.05, 3.63) is 146 Å². The smallest absolute Gasteiger partial charge is 0.161 e. The molecule has 43 heavy (non-hydrogen) atoms. The highest BCUT2D eigenvalue weighted by atomic mass is 32.1. The summed E-state index contributed by atoms with van der Waals surface area (Å²) in [6.45, 7) is 0. The number of fused-ring (bicyclic) bond motifs is 7. The van der Waals surface area contributed by atoms with Gasteiger partial charge in [-0.1, -0.05) is 121 Å². The molecular formula is C40H24N2S. The van der Waals surface area contributed by atoms with Crippen molar-refractivity contribution in [2.24, 2.45) is 0 Å².